The van der Waals surface area contributed by atoms with Crippen molar-refractivity contribution < 1.29 is 19.2 Å². The van der Waals surface area contributed by atoms with Gasteiger partial charge in [-0.05, 0) is 11.1 Å². The van der Waals surface area contributed by atoms with Crippen LogP contribution in [0.5, 0.6) is 5.75 Å². The summed E-state index contributed by atoms with van der Waals surface area (Å²) in [5.74, 6) is -0.144. The largest absolute Gasteiger partial charge is 0.481 e. The van der Waals surface area contributed by atoms with Crippen LogP contribution < -0.4 is 4.74 Å². The zero-order valence-electron chi connectivity index (χ0n) is 14.6. The minimum absolute atomic E-state index is 0.0573. The number of ether oxygens (including phenoxy) is 2. The highest BCUT2D eigenvalue weighted by atomic mass is 16.6. The fourth-order valence-electron chi connectivity index (χ4n) is 2.73. The number of carbonyl (C=O) groups excluding carboxylic acids is 1. The molecule has 0 saturated carbocycles. The van der Waals surface area contributed by atoms with Crippen molar-refractivity contribution in [2.45, 2.75) is 0 Å². The normalized spacial score (nSPS) is 10.3. The Kier molecular flexibility index (Phi) is 5.47. The van der Waals surface area contributed by atoms with Gasteiger partial charge in [-0.2, -0.15) is 0 Å². The molecular formula is C21H17NO5. The standard InChI is InChI=1S/C21H17NO5/c1-26-20(23)14-27-21-18(15-8-4-2-5-9-15)12-17(22(24)25)13-19(21)16-10-6-3-7-11-16/h2-13H,14H2,1H3. The molecule has 0 aliphatic carbocycles. The van der Waals surface area contributed by atoms with Crippen molar-refractivity contribution in [3.8, 4) is 28.0 Å². The zero-order chi connectivity index (χ0) is 19.2. The lowest BCUT2D eigenvalue weighted by molar-refractivity contribution is -0.384. The fraction of sp³-hybridized carbons (Fsp3) is 0.0952. The molecule has 0 radical (unpaired) electrons. The SMILES string of the molecule is COC(=O)COc1c(-c2ccccc2)cc([N+](=O)[O-])cc1-c1ccccc1. The van der Waals surface area contributed by atoms with Crippen LogP contribution in [0.25, 0.3) is 22.3 Å². The van der Waals surface area contributed by atoms with Gasteiger partial charge in [-0.15, -0.1) is 0 Å². The monoisotopic (exact) mass is 363 g/mol. The average molecular weight is 363 g/mol. The van der Waals surface area contributed by atoms with Gasteiger partial charge in [0.15, 0.2) is 6.61 Å². The highest BCUT2D eigenvalue weighted by molar-refractivity contribution is 5.85. The summed E-state index contributed by atoms with van der Waals surface area (Å²) in [6, 6.07) is 21.3. The predicted molar refractivity (Wildman–Crippen MR) is 101 cm³/mol. The molecule has 0 amide bonds. The summed E-state index contributed by atoms with van der Waals surface area (Å²) < 4.78 is 10.4. The molecule has 6 heteroatoms. The van der Waals surface area contributed by atoms with Crippen LogP contribution in [0.3, 0.4) is 0 Å². The summed E-state index contributed by atoms with van der Waals surface area (Å²) >= 11 is 0. The molecule has 3 aromatic rings. The second kappa shape index (κ2) is 8.14. The van der Waals surface area contributed by atoms with E-state index in [2.05, 4.69) is 4.74 Å². The third-order valence-electron chi connectivity index (χ3n) is 4.02. The Morgan fingerprint density at radius 3 is 1.81 bits per heavy atom. The zero-order valence-corrected chi connectivity index (χ0v) is 14.6. The number of esters is 1. The Labute approximate surface area is 156 Å². The molecule has 0 unspecified atom stereocenters. The van der Waals surface area contributed by atoms with Gasteiger partial charge < -0.3 is 9.47 Å². The molecule has 0 heterocycles. The van der Waals surface area contributed by atoms with Crippen LogP contribution >= 0.6 is 0 Å². The van der Waals surface area contributed by atoms with Crippen molar-refractivity contribution in [1.82, 2.24) is 0 Å². The molecule has 3 aromatic carbocycles. The summed E-state index contributed by atoms with van der Waals surface area (Å²) in [7, 11) is 1.28. The number of nitro groups is 1. The van der Waals surface area contributed by atoms with E-state index in [4.69, 9.17) is 4.74 Å². The van der Waals surface area contributed by atoms with Crippen molar-refractivity contribution in [1.29, 1.82) is 0 Å². The van der Waals surface area contributed by atoms with E-state index in [1.807, 2.05) is 60.7 Å². The second-order valence-corrected chi connectivity index (χ2v) is 5.72. The van der Waals surface area contributed by atoms with Gasteiger partial charge in [0.1, 0.15) is 5.75 Å². The summed E-state index contributed by atoms with van der Waals surface area (Å²) in [5, 5.41) is 11.5. The van der Waals surface area contributed by atoms with E-state index in [9.17, 15) is 14.9 Å². The summed E-state index contributed by atoms with van der Waals surface area (Å²) in [6.45, 7) is -0.298. The Balaban J connectivity index is 2.24. The van der Waals surface area contributed by atoms with Gasteiger partial charge in [-0.25, -0.2) is 4.79 Å². The Bertz CT molecular complexity index is 894. The van der Waals surface area contributed by atoms with Gasteiger partial charge in [0.25, 0.3) is 5.69 Å². The van der Waals surface area contributed by atoms with Gasteiger partial charge in [0.2, 0.25) is 0 Å². The van der Waals surface area contributed by atoms with Crippen LogP contribution in [0.1, 0.15) is 0 Å². The first kappa shape index (κ1) is 18.1. The first-order valence-corrected chi connectivity index (χ1v) is 8.23. The topological polar surface area (TPSA) is 78.7 Å². The van der Waals surface area contributed by atoms with E-state index in [0.29, 0.717) is 16.9 Å². The summed E-state index contributed by atoms with van der Waals surface area (Å²) in [5.41, 5.74) is 2.51. The second-order valence-electron chi connectivity index (χ2n) is 5.72. The van der Waals surface area contributed by atoms with Gasteiger partial charge in [0.05, 0.1) is 12.0 Å². The molecule has 0 aliphatic heterocycles. The molecule has 0 spiro atoms. The Morgan fingerprint density at radius 2 is 1.41 bits per heavy atom. The maximum Gasteiger partial charge on any atom is 0.343 e. The van der Waals surface area contributed by atoms with Gasteiger partial charge in [-0.1, -0.05) is 60.7 Å². The molecule has 136 valence electrons. The van der Waals surface area contributed by atoms with E-state index < -0.39 is 10.9 Å². The lowest BCUT2D eigenvalue weighted by Crippen LogP contribution is -2.13. The number of nitrogens with zero attached hydrogens (tertiary/aromatic N) is 1. The fourth-order valence-corrected chi connectivity index (χ4v) is 2.73. The van der Waals surface area contributed by atoms with Crippen LogP contribution in [0.2, 0.25) is 0 Å². The van der Waals surface area contributed by atoms with Crippen molar-refractivity contribution in [2.75, 3.05) is 13.7 Å². The van der Waals surface area contributed by atoms with E-state index in [1.54, 1.807) is 0 Å². The first-order valence-electron chi connectivity index (χ1n) is 8.23. The predicted octanol–water partition coefficient (Wildman–Crippen LogP) is 4.48. The molecule has 27 heavy (non-hydrogen) atoms. The van der Waals surface area contributed by atoms with Crippen molar-refractivity contribution in [2.24, 2.45) is 0 Å². The molecule has 6 nitrogen and oxygen atoms in total. The number of carbonyl (C=O) groups is 1. The molecular weight excluding hydrogens is 346 g/mol. The number of nitro benzene ring substituents is 1. The molecule has 0 bridgehead atoms. The molecule has 0 N–H and O–H groups in total. The number of methoxy groups -OCH3 is 1. The summed E-state index contributed by atoms with van der Waals surface area (Å²) in [4.78, 5) is 22.6. The van der Waals surface area contributed by atoms with Gasteiger partial charge in [-0.3, -0.25) is 10.1 Å². The van der Waals surface area contributed by atoms with Crippen molar-refractivity contribution >= 4 is 11.7 Å². The quantitative estimate of drug-likeness (QED) is 0.366. The van der Waals surface area contributed by atoms with E-state index >= 15 is 0 Å². The average Bonchev–Trinajstić information content (AvgIpc) is 2.72. The number of hydrogen-bond donors (Lipinski definition) is 0. The van der Waals surface area contributed by atoms with Gasteiger partial charge in [0, 0.05) is 23.3 Å². The number of rotatable bonds is 6. The number of hydrogen-bond acceptors (Lipinski definition) is 5. The van der Waals surface area contributed by atoms with E-state index in [0.717, 1.165) is 11.1 Å². The van der Waals surface area contributed by atoms with Crippen LogP contribution in [0.4, 0.5) is 5.69 Å². The van der Waals surface area contributed by atoms with Crippen LogP contribution in [-0.2, 0) is 9.53 Å². The lowest BCUT2D eigenvalue weighted by atomic mass is 9.96. The number of non-ortho nitro benzene ring substituents is 1. The Morgan fingerprint density at radius 1 is 0.926 bits per heavy atom. The van der Waals surface area contributed by atoms with Crippen LogP contribution in [0, 0.1) is 10.1 Å². The lowest BCUT2D eigenvalue weighted by Gasteiger charge is -2.16. The molecule has 0 aromatic heterocycles. The van der Waals surface area contributed by atoms with Crippen molar-refractivity contribution in [3.05, 3.63) is 82.9 Å². The Hall–Kier alpha value is -3.67. The third-order valence-corrected chi connectivity index (χ3v) is 4.02. The molecule has 3 rings (SSSR count). The minimum atomic E-state index is -0.536. The van der Waals surface area contributed by atoms with Gasteiger partial charge >= 0.3 is 5.97 Å². The highest BCUT2D eigenvalue weighted by Gasteiger charge is 2.21. The van der Waals surface area contributed by atoms with E-state index in [-0.39, 0.29) is 12.3 Å². The maximum absolute atomic E-state index is 11.6. The molecule has 0 atom stereocenters. The van der Waals surface area contributed by atoms with Crippen molar-refractivity contribution in [3.63, 3.8) is 0 Å². The minimum Gasteiger partial charge on any atom is -0.481 e. The van der Waals surface area contributed by atoms with Crippen LogP contribution in [0.15, 0.2) is 72.8 Å². The maximum atomic E-state index is 11.6. The highest BCUT2D eigenvalue weighted by Crippen LogP contribution is 2.42. The number of benzene rings is 3. The molecule has 0 saturated heterocycles. The smallest absolute Gasteiger partial charge is 0.343 e. The molecule has 0 fully saturated rings. The summed E-state index contributed by atoms with van der Waals surface area (Å²) in [6.07, 6.45) is 0. The first-order chi connectivity index (χ1) is 13.1. The van der Waals surface area contributed by atoms with Crippen LogP contribution in [-0.4, -0.2) is 24.6 Å². The van der Waals surface area contributed by atoms with E-state index in [1.165, 1.54) is 19.2 Å². The molecule has 0 aliphatic rings. The third kappa shape index (κ3) is 4.12.